The number of nitrogens with zero attached hydrogens (tertiary/aromatic N) is 1. The van der Waals surface area contributed by atoms with Crippen molar-refractivity contribution in [3.63, 3.8) is 0 Å². The monoisotopic (exact) mass is 134 g/mol. The lowest BCUT2D eigenvalue weighted by atomic mass is 10.2. The van der Waals surface area contributed by atoms with Gasteiger partial charge < -0.3 is 0 Å². The zero-order valence-corrected chi connectivity index (χ0v) is 5.21. The van der Waals surface area contributed by atoms with Gasteiger partial charge in [-0.25, -0.2) is 5.26 Å². The SMILES string of the molecule is C[P+](O)(O)O.[B]C#N. The van der Waals surface area contributed by atoms with Crippen LogP contribution in [-0.4, -0.2) is 29.2 Å². The summed E-state index contributed by atoms with van der Waals surface area (Å²) in [5.41, 5.74) is 0. The summed E-state index contributed by atoms with van der Waals surface area (Å²) in [5.74, 6) is 1.25. The molecule has 0 saturated heterocycles. The van der Waals surface area contributed by atoms with Crippen LogP contribution in [0.1, 0.15) is 0 Å². The molecule has 2 radical (unpaired) electrons. The third-order valence-corrected chi connectivity index (χ3v) is 0. The van der Waals surface area contributed by atoms with Crippen molar-refractivity contribution in [3.8, 4) is 5.97 Å². The topological polar surface area (TPSA) is 84.5 Å². The Morgan fingerprint density at radius 2 is 1.50 bits per heavy atom. The highest BCUT2D eigenvalue weighted by Crippen LogP contribution is 2.38. The van der Waals surface area contributed by atoms with Crippen LogP contribution in [0.15, 0.2) is 0 Å². The van der Waals surface area contributed by atoms with Crippen molar-refractivity contribution in [2.24, 2.45) is 0 Å². The molecule has 0 atom stereocenters. The molecule has 3 N–H and O–H groups in total. The van der Waals surface area contributed by atoms with E-state index in [1.165, 1.54) is 5.97 Å². The van der Waals surface area contributed by atoms with Gasteiger partial charge in [0.05, 0.1) is 0 Å². The van der Waals surface area contributed by atoms with Gasteiger partial charge in [0.2, 0.25) is 7.85 Å². The van der Waals surface area contributed by atoms with E-state index in [4.69, 9.17) is 19.9 Å². The first-order valence-electron chi connectivity index (χ1n) is 1.56. The first kappa shape index (κ1) is 10.8. The number of nitriles is 1. The summed E-state index contributed by atoms with van der Waals surface area (Å²) < 4.78 is 0. The van der Waals surface area contributed by atoms with Crippen LogP contribution in [-0.2, 0) is 0 Å². The maximum Gasteiger partial charge on any atom is 0.400 e. The standard InChI is InChI=1S/CBN.CH6O3P/c2-1-3;1-5(2,3)4/h;2-4H,1H3/q;+1. The molecule has 0 bridgehead atoms. The summed E-state index contributed by atoms with van der Waals surface area (Å²) >= 11 is 0. The molecule has 0 heterocycles. The number of hydrogen-bond donors (Lipinski definition) is 3. The molecule has 44 valence electrons. The van der Waals surface area contributed by atoms with Crippen molar-refractivity contribution in [1.29, 1.82) is 5.26 Å². The zero-order chi connectivity index (χ0) is 7.21. The van der Waals surface area contributed by atoms with E-state index >= 15 is 0 Å². The number of hydrogen-bond acceptors (Lipinski definition) is 4. The van der Waals surface area contributed by atoms with Gasteiger partial charge in [-0.15, -0.1) is 0 Å². The predicted molar refractivity (Wildman–Crippen MR) is 30.9 cm³/mol. The summed E-state index contributed by atoms with van der Waals surface area (Å²) in [5, 5.41) is 7.10. The molecule has 0 unspecified atom stereocenters. The summed E-state index contributed by atoms with van der Waals surface area (Å²) in [6, 6.07) is 0. The molecule has 6 heteroatoms. The Labute approximate surface area is 49.4 Å². The van der Waals surface area contributed by atoms with Crippen LogP contribution >= 0.6 is 7.94 Å². The minimum absolute atomic E-state index is 0.965. The second-order valence-corrected chi connectivity index (χ2v) is 2.73. The van der Waals surface area contributed by atoms with Crippen LogP contribution in [0, 0.1) is 11.2 Å². The Balaban J connectivity index is 0. The van der Waals surface area contributed by atoms with E-state index in [-0.39, 0.29) is 0 Å². The first-order chi connectivity index (χ1) is 3.41. The highest BCUT2D eigenvalue weighted by atomic mass is 31.2. The van der Waals surface area contributed by atoms with Crippen molar-refractivity contribution < 1.29 is 14.7 Å². The van der Waals surface area contributed by atoms with Crippen molar-refractivity contribution in [1.82, 2.24) is 0 Å². The highest BCUT2D eigenvalue weighted by Gasteiger charge is 2.17. The van der Waals surface area contributed by atoms with E-state index in [9.17, 15) is 0 Å². The van der Waals surface area contributed by atoms with E-state index in [0.29, 0.717) is 0 Å². The highest BCUT2D eigenvalue weighted by molar-refractivity contribution is 7.57. The first-order valence-corrected chi connectivity index (χ1v) is 3.65. The van der Waals surface area contributed by atoms with Crippen molar-refractivity contribution in [2.75, 3.05) is 6.66 Å². The number of rotatable bonds is 0. The summed E-state index contributed by atoms with van der Waals surface area (Å²) in [6.07, 6.45) is 0. The van der Waals surface area contributed by atoms with Crippen LogP contribution in [0.25, 0.3) is 0 Å². The maximum absolute atomic E-state index is 7.74. The van der Waals surface area contributed by atoms with Gasteiger partial charge in [-0.1, -0.05) is 0 Å². The molecular formula is C2H6BNO3P+. The Kier molecular flexibility index (Phi) is 6.75. The molecule has 0 spiro atoms. The van der Waals surface area contributed by atoms with Crippen molar-refractivity contribution >= 4 is 15.8 Å². The molecule has 0 aromatic rings. The van der Waals surface area contributed by atoms with Gasteiger partial charge in [-0.05, 0) is 5.97 Å². The second kappa shape index (κ2) is 5.01. The van der Waals surface area contributed by atoms with Crippen LogP contribution < -0.4 is 0 Å². The van der Waals surface area contributed by atoms with Crippen molar-refractivity contribution in [3.05, 3.63) is 0 Å². The molecule has 0 amide bonds. The van der Waals surface area contributed by atoms with E-state index in [1.807, 2.05) is 0 Å². The molecule has 0 aliphatic heterocycles. The molecule has 0 aliphatic rings. The Bertz CT molecular complexity index is 78.3. The molecule has 0 aromatic carbocycles. The molecule has 0 aromatic heterocycles. The Morgan fingerprint density at radius 3 is 1.50 bits per heavy atom. The van der Waals surface area contributed by atoms with E-state index in [1.54, 1.807) is 0 Å². The second-order valence-electron chi connectivity index (χ2n) is 0.997. The lowest BCUT2D eigenvalue weighted by Crippen LogP contribution is -1.78. The minimum Gasteiger partial charge on any atom is -0.214 e. The lowest BCUT2D eigenvalue weighted by Gasteiger charge is -1.88. The summed E-state index contributed by atoms with van der Waals surface area (Å²) in [7, 11) is 0.764. The normalized spacial score (nSPS) is 8.38. The van der Waals surface area contributed by atoms with Crippen LogP contribution in [0.3, 0.4) is 0 Å². The molecule has 0 rings (SSSR count). The molecule has 8 heavy (non-hydrogen) atoms. The fraction of sp³-hybridized carbons (Fsp3) is 0.500. The quantitative estimate of drug-likeness (QED) is 0.292. The predicted octanol–water partition coefficient (Wildman–Crippen LogP) is -1.01. The lowest BCUT2D eigenvalue weighted by molar-refractivity contribution is 0.340. The maximum atomic E-state index is 7.74. The Morgan fingerprint density at radius 1 is 1.50 bits per heavy atom. The van der Waals surface area contributed by atoms with Crippen LogP contribution in [0.2, 0.25) is 0 Å². The van der Waals surface area contributed by atoms with Crippen molar-refractivity contribution in [2.45, 2.75) is 0 Å². The van der Waals surface area contributed by atoms with E-state index < -0.39 is 7.94 Å². The minimum atomic E-state index is -3.39. The van der Waals surface area contributed by atoms with Gasteiger partial charge in [0.1, 0.15) is 6.66 Å². The van der Waals surface area contributed by atoms with Gasteiger partial charge >= 0.3 is 7.94 Å². The van der Waals surface area contributed by atoms with Crippen LogP contribution in [0.4, 0.5) is 0 Å². The molecular weight excluding hydrogens is 128 g/mol. The molecule has 4 nitrogen and oxygen atoms in total. The molecule has 0 aliphatic carbocycles. The average Bonchev–Trinajstić information content (AvgIpc) is 1.27. The zero-order valence-electron chi connectivity index (χ0n) is 4.31. The fourth-order valence-corrected chi connectivity index (χ4v) is 0. The van der Waals surface area contributed by atoms with Gasteiger partial charge in [0.25, 0.3) is 0 Å². The van der Waals surface area contributed by atoms with Crippen LogP contribution in [0.5, 0.6) is 0 Å². The third-order valence-electron chi connectivity index (χ3n) is 0. The third kappa shape index (κ3) is 7610. The fourth-order valence-electron chi connectivity index (χ4n) is 0. The molecule has 0 saturated carbocycles. The van der Waals surface area contributed by atoms with E-state index in [2.05, 4.69) is 7.85 Å². The Hall–Kier alpha value is -0.135. The molecule has 0 fully saturated rings. The summed E-state index contributed by atoms with van der Waals surface area (Å²) in [4.78, 5) is 23.2. The summed E-state index contributed by atoms with van der Waals surface area (Å²) in [6.45, 7) is 0.965. The largest absolute Gasteiger partial charge is 0.400 e. The van der Waals surface area contributed by atoms with Gasteiger partial charge in [0, 0.05) is 0 Å². The smallest absolute Gasteiger partial charge is 0.214 e. The van der Waals surface area contributed by atoms with Gasteiger partial charge in [0.15, 0.2) is 0 Å². The van der Waals surface area contributed by atoms with Gasteiger partial charge in [-0.3, -0.25) is 0 Å². The van der Waals surface area contributed by atoms with E-state index in [0.717, 1.165) is 6.66 Å². The van der Waals surface area contributed by atoms with Gasteiger partial charge in [-0.2, -0.15) is 14.7 Å². The average molecular weight is 134 g/mol.